The number of aliphatic imine (C=N–C) groups is 1. The Morgan fingerprint density at radius 1 is 1.00 bits per heavy atom. The van der Waals surface area contributed by atoms with E-state index in [9.17, 15) is 0 Å². The lowest BCUT2D eigenvalue weighted by Crippen LogP contribution is -2.38. The van der Waals surface area contributed by atoms with Crippen LogP contribution < -0.4 is 10.6 Å². The number of imidazole rings is 1. The maximum absolute atomic E-state index is 4.51. The minimum Gasteiger partial charge on any atom is -0.350 e. The minimum absolute atomic E-state index is 0. The summed E-state index contributed by atoms with van der Waals surface area (Å²) in [4.78, 5) is 8.92. The van der Waals surface area contributed by atoms with Gasteiger partial charge in [0, 0.05) is 26.0 Å². The summed E-state index contributed by atoms with van der Waals surface area (Å²) in [6, 6.07) is 25.4. The van der Waals surface area contributed by atoms with Crippen molar-refractivity contribution in [2.75, 3.05) is 7.05 Å². The van der Waals surface area contributed by atoms with E-state index in [0.29, 0.717) is 6.54 Å². The first-order valence-corrected chi connectivity index (χ1v) is 10.2. The number of hydrogen-bond donors (Lipinski definition) is 2. The fourth-order valence-electron chi connectivity index (χ4n) is 3.70. The van der Waals surface area contributed by atoms with Gasteiger partial charge in [0.05, 0.1) is 12.6 Å². The molecule has 0 fully saturated rings. The second-order valence-corrected chi connectivity index (χ2v) is 7.32. The third-order valence-electron chi connectivity index (χ3n) is 5.28. The van der Waals surface area contributed by atoms with Crippen molar-refractivity contribution in [1.29, 1.82) is 0 Å². The summed E-state index contributed by atoms with van der Waals surface area (Å²) in [6.07, 6.45) is 3.85. The molecule has 0 bridgehead atoms. The van der Waals surface area contributed by atoms with E-state index in [4.69, 9.17) is 0 Å². The molecule has 4 aromatic rings. The van der Waals surface area contributed by atoms with Gasteiger partial charge in [0.2, 0.25) is 0 Å². The molecule has 6 heteroatoms. The van der Waals surface area contributed by atoms with Crippen LogP contribution in [-0.4, -0.2) is 22.6 Å². The van der Waals surface area contributed by atoms with Crippen LogP contribution in [0.15, 0.2) is 90.2 Å². The molecule has 4 rings (SSSR count). The number of aromatic nitrogens is 2. The fourth-order valence-corrected chi connectivity index (χ4v) is 3.70. The Morgan fingerprint density at radius 2 is 1.74 bits per heavy atom. The number of hydrogen-bond acceptors (Lipinski definition) is 2. The highest BCUT2D eigenvalue weighted by Crippen LogP contribution is 2.23. The normalized spacial score (nSPS) is 12.3. The molecule has 1 atom stereocenters. The van der Waals surface area contributed by atoms with Gasteiger partial charge in [-0.25, -0.2) is 4.98 Å². The SMILES string of the molecule is CN=C(NCc1nccn1Cc1ccccc1)NC(C)c1cccc2ccccc12.I. The van der Waals surface area contributed by atoms with Gasteiger partial charge in [-0.05, 0) is 28.8 Å². The Balaban J connectivity index is 0.00000272. The predicted molar refractivity (Wildman–Crippen MR) is 139 cm³/mol. The van der Waals surface area contributed by atoms with Crippen molar-refractivity contribution in [3.63, 3.8) is 0 Å². The van der Waals surface area contributed by atoms with Gasteiger partial charge in [-0.2, -0.15) is 0 Å². The molecular weight excluding hydrogens is 497 g/mol. The van der Waals surface area contributed by atoms with E-state index in [-0.39, 0.29) is 30.0 Å². The number of nitrogens with one attached hydrogen (secondary N) is 2. The average Bonchev–Trinajstić information content (AvgIpc) is 3.23. The number of halogens is 1. The summed E-state index contributed by atoms with van der Waals surface area (Å²) in [5, 5.41) is 9.41. The lowest BCUT2D eigenvalue weighted by atomic mass is 10.00. The first-order chi connectivity index (χ1) is 14.7. The molecule has 0 saturated carbocycles. The van der Waals surface area contributed by atoms with Crippen LogP contribution in [0.4, 0.5) is 0 Å². The Kier molecular flexibility index (Phi) is 8.06. The zero-order valence-electron chi connectivity index (χ0n) is 17.8. The van der Waals surface area contributed by atoms with Crippen molar-refractivity contribution >= 4 is 40.7 Å². The van der Waals surface area contributed by atoms with E-state index < -0.39 is 0 Å². The zero-order valence-corrected chi connectivity index (χ0v) is 20.2. The van der Waals surface area contributed by atoms with Gasteiger partial charge in [-0.15, -0.1) is 24.0 Å². The molecule has 31 heavy (non-hydrogen) atoms. The lowest BCUT2D eigenvalue weighted by Gasteiger charge is -2.20. The summed E-state index contributed by atoms with van der Waals surface area (Å²) in [6.45, 7) is 3.56. The summed E-state index contributed by atoms with van der Waals surface area (Å²) in [7, 11) is 1.79. The van der Waals surface area contributed by atoms with Gasteiger partial charge >= 0.3 is 0 Å². The highest BCUT2D eigenvalue weighted by Gasteiger charge is 2.12. The van der Waals surface area contributed by atoms with Gasteiger partial charge in [-0.1, -0.05) is 72.8 Å². The number of nitrogens with zero attached hydrogens (tertiary/aromatic N) is 3. The molecule has 160 valence electrons. The fraction of sp³-hybridized carbons (Fsp3) is 0.200. The second-order valence-electron chi connectivity index (χ2n) is 7.32. The van der Waals surface area contributed by atoms with Crippen LogP contribution in [0, 0.1) is 0 Å². The van der Waals surface area contributed by atoms with Crippen molar-refractivity contribution in [2.24, 2.45) is 4.99 Å². The highest BCUT2D eigenvalue weighted by molar-refractivity contribution is 14.0. The number of benzene rings is 3. The van der Waals surface area contributed by atoms with Crippen LogP contribution in [0.1, 0.15) is 29.9 Å². The van der Waals surface area contributed by atoms with Gasteiger partial charge in [-0.3, -0.25) is 4.99 Å². The summed E-state index contributed by atoms with van der Waals surface area (Å²) in [5.74, 6) is 1.73. The molecule has 0 aliphatic heterocycles. The van der Waals surface area contributed by atoms with Crippen LogP contribution in [0.2, 0.25) is 0 Å². The molecule has 0 spiro atoms. The van der Waals surface area contributed by atoms with Crippen LogP contribution >= 0.6 is 24.0 Å². The van der Waals surface area contributed by atoms with Gasteiger partial charge in [0.15, 0.2) is 5.96 Å². The van der Waals surface area contributed by atoms with Crippen LogP contribution in [-0.2, 0) is 13.1 Å². The third-order valence-corrected chi connectivity index (χ3v) is 5.28. The number of guanidine groups is 1. The van der Waals surface area contributed by atoms with Gasteiger partial charge < -0.3 is 15.2 Å². The standard InChI is InChI=1S/C25H27N5.HI/c1-19(22-14-8-12-21-11-6-7-13-23(21)22)29-25(26-2)28-17-24-27-15-16-30(24)18-20-9-4-3-5-10-20;/h3-16,19H,17-18H2,1-2H3,(H2,26,28,29);1H. The van der Waals surface area contributed by atoms with E-state index >= 15 is 0 Å². The lowest BCUT2D eigenvalue weighted by molar-refractivity contribution is 0.660. The maximum atomic E-state index is 4.51. The van der Waals surface area contributed by atoms with Crippen molar-refractivity contribution in [2.45, 2.75) is 26.1 Å². The average molecular weight is 525 g/mol. The first-order valence-electron chi connectivity index (χ1n) is 10.2. The van der Waals surface area contributed by atoms with E-state index in [2.05, 4.69) is 98.8 Å². The van der Waals surface area contributed by atoms with Crippen molar-refractivity contribution in [1.82, 2.24) is 20.2 Å². The molecule has 0 radical (unpaired) electrons. The molecular formula is C25H28IN5. The van der Waals surface area contributed by atoms with Crippen LogP contribution in [0.3, 0.4) is 0 Å². The number of rotatable bonds is 6. The quantitative estimate of drug-likeness (QED) is 0.209. The Bertz CT molecular complexity index is 1130. The van der Waals surface area contributed by atoms with Crippen molar-refractivity contribution < 1.29 is 0 Å². The maximum Gasteiger partial charge on any atom is 0.191 e. The highest BCUT2D eigenvalue weighted by atomic mass is 127. The van der Waals surface area contributed by atoms with Crippen molar-refractivity contribution in [3.05, 3.63) is 102 Å². The Labute approximate surface area is 200 Å². The summed E-state index contributed by atoms with van der Waals surface area (Å²) >= 11 is 0. The van der Waals surface area contributed by atoms with Crippen LogP contribution in [0.25, 0.3) is 10.8 Å². The third kappa shape index (κ3) is 5.64. The van der Waals surface area contributed by atoms with E-state index in [1.54, 1.807) is 7.05 Å². The molecule has 5 nitrogen and oxygen atoms in total. The molecule has 1 aromatic heterocycles. The minimum atomic E-state index is 0. The van der Waals surface area contributed by atoms with E-state index in [0.717, 1.165) is 18.3 Å². The molecule has 0 aliphatic carbocycles. The Hall–Kier alpha value is -2.87. The first kappa shape index (κ1) is 22.8. The van der Waals surface area contributed by atoms with Gasteiger partial charge in [0.1, 0.15) is 5.82 Å². The topological polar surface area (TPSA) is 54.2 Å². The Morgan fingerprint density at radius 3 is 2.55 bits per heavy atom. The van der Waals surface area contributed by atoms with Crippen LogP contribution in [0.5, 0.6) is 0 Å². The predicted octanol–water partition coefficient (Wildman–Crippen LogP) is 5.13. The summed E-state index contributed by atoms with van der Waals surface area (Å²) in [5.41, 5.74) is 2.51. The number of fused-ring (bicyclic) bond motifs is 1. The molecule has 2 N–H and O–H groups in total. The monoisotopic (exact) mass is 525 g/mol. The largest absolute Gasteiger partial charge is 0.350 e. The molecule has 3 aromatic carbocycles. The molecule has 1 heterocycles. The molecule has 1 unspecified atom stereocenters. The van der Waals surface area contributed by atoms with E-state index in [1.165, 1.54) is 21.9 Å². The van der Waals surface area contributed by atoms with E-state index in [1.807, 2.05) is 18.5 Å². The van der Waals surface area contributed by atoms with Crippen molar-refractivity contribution in [3.8, 4) is 0 Å². The van der Waals surface area contributed by atoms with Gasteiger partial charge in [0.25, 0.3) is 0 Å². The zero-order chi connectivity index (χ0) is 20.8. The molecule has 0 amide bonds. The second kappa shape index (κ2) is 10.9. The smallest absolute Gasteiger partial charge is 0.191 e. The summed E-state index contributed by atoms with van der Waals surface area (Å²) < 4.78 is 2.16. The molecule has 0 aliphatic rings. The molecule has 0 saturated heterocycles.